The van der Waals surface area contributed by atoms with Gasteiger partial charge in [-0.05, 0) is 42.5 Å². The zero-order valence-electron chi connectivity index (χ0n) is 14.2. The Labute approximate surface area is 153 Å². The average molecular weight is 362 g/mol. The molecule has 0 bridgehead atoms. The van der Waals surface area contributed by atoms with Crippen molar-refractivity contribution in [2.75, 3.05) is 0 Å². The summed E-state index contributed by atoms with van der Waals surface area (Å²) in [7, 11) is 1.85. The molecule has 1 aromatic heterocycles. The van der Waals surface area contributed by atoms with Crippen LogP contribution in [-0.4, -0.2) is 20.6 Å². The SMILES string of the molecule is Cn1c2ccc([N+](=O)[O-])cc2c2ccc(OC(=O)c3ccc(O)cc3)cc21. The number of nitrogens with zero attached hydrogens (tertiary/aromatic N) is 2. The lowest BCUT2D eigenvalue weighted by atomic mass is 10.1. The van der Waals surface area contributed by atoms with E-state index in [9.17, 15) is 20.0 Å². The number of esters is 1. The summed E-state index contributed by atoms with van der Waals surface area (Å²) in [5.41, 5.74) is 1.98. The summed E-state index contributed by atoms with van der Waals surface area (Å²) < 4.78 is 7.31. The maximum atomic E-state index is 12.3. The number of fused-ring (bicyclic) bond motifs is 3. The summed E-state index contributed by atoms with van der Waals surface area (Å²) in [6.07, 6.45) is 0. The molecular formula is C20H14N2O5. The highest BCUT2D eigenvalue weighted by molar-refractivity contribution is 6.09. The Morgan fingerprint density at radius 2 is 1.74 bits per heavy atom. The molecule has 4 rings (SSSR count). The number of non-ortho nitro benzene ring substituents is 1. The third-order valence-electron chi connectivity index (χ3n) is 4.49. The molecule has 4 aromatic rings. The van der Waals surface area contributed by atoms with Crippen LogP contribution in [0.3, 0.4) is 0 Å². The number of rotatable bonds is 3. The minimum atomic E-state index is -0.538. The number of hydrogen-bond donors (Lipinski definition) is 1. The smallest absolute Gasteiger partial charge is 0.343 e. The van der Waals surface area contributed by atoms with E-state index in [1.54, 1.807) is 30.3 Å². The highest BCUT2D eigenvalue weighted by Crippen LogP contribution is 2.33. The van der Waals surface area contributed by atoms with Gasteiger partial charge in [0, 0.05) is 41.5 Å². The number of aromatic hydroxyl groups is 1. The maximum absolute atomic E-state index is 12.3. The Morgan fingerprint density at radius 1 is 1.00 bits per heavy atom. The minimum Gasteiger partial charge on any atom is -0.508 e. The molecule has 0 atom stereocenters. The lowest BCUT2D eigenvalue weighted by Gasteiger charge is -2.05. The molecule has 27 heavy (non-hydrogen) atoms. The van der Waals surface area contributed by atoms with Gasteiger partial charge in [0.25, 0.3) is 5.69 Å². The van der Waals surface area contributed by atoms with Crippen LogP contribution in [0.5, 0.6) is 11.5 Å². The summed E-state index contributed by atoms with van der Waals surface area (Å²) >= 11 is 0. The summed E-state index contributed by atoms with van der Waals surface area (Å²) in [5, 5.41) is 21.9. The maximum Gasteiger partial charge on any atom is 0.343 e. The Morgan fingerprint density at radius 3 is 2.44 bits per heavy atom. The van der Waals surface area contributed by atoms with Gasteiger partial charge in [-0.1, -0.05) is 0 Å². The lowest BCUT2D eigenvalue weighted by Crippen LogP contribution is -2.08. The van der Waals surface area contributed by atoms with Crippen LogP contribution in [0.2, 0.25) is 0 Å². The highest BCUT2D eigenvalue weighted by Gasteiger charge is 2.15. The van der Waals surface area contributed by atoms with Gasteiger partial charge in [-0.25, -0.2) is 4.79 Å². The van der Waals surface area contributed by atoms with Crippen molar-refractivity contribution in [2.24, 2.45) is 7.05 Å². The van der Waals surface area contributed by atoms with E-state index in [1.165, 1.54) is 30.3 Å². The third-order valence-corrected chi connectivity index (χ3v) is 4.49. The summed E-state index contributed by atoms with van der Waals surface area (Å²) in [6.45, 7) is 0. The van der Waals surface area contributed by atoms with Gasteiger partial charge in [0.15, 0.2) is 0 Å². The fourth-order valence-corrected chi connectivity index (χ4v) is 3.12. The molecule has 134 valence electrons. The Kier molecular flexibility index (Phi) is 3.77. The van der Waals surface area contributed by atoms with E-state index in [4.69, 9.17) is 4.74 Å². The van der Waals surface area contributed by atoms with E-state index >= 15 is 0 Å². The van der Waals surface area contributed by atoms with Crippen LogP contribution in [0.25, 0.3) is 21.8 Å². The first-order valence-corrected chi connectivity index (χ1v) is 8.12. The monoisotopic (exact) mass is 362 g/mol. The number of carbonyl (C=O) groups is 1. The minimum absolute atomic E-state index is 0.0258. The van der Waals surface area contributed by atoms with E-state index in [0.717, 1.165) is 21.8 Å². The molecule has 1 N–H and O–H groups in total. The number of benzene rings is 3. The Hall–Kier alpha value is -3.87. The second kappa shape index (κ2) is 6.14. The second-order valence-electron chi connectivity index (χ2n) is 6.13. The van der Waals surface area contributed by atoms with Crippen LogP contribution >= 0.6 is 0 Å². The van der Waals surface area contributed by atoms with Gasteiger partial charge >= 0.3 is 5.97 Å². The normalized spacial score (nSPS) is 11.0. The summed E-state index contributed by atoms with van der Waals surface area (Å²) in [5.74, 6) is -0.109. The zero-order valence-corrected chi connectivity index (χ0v) is 14.2. The molecular weight excluding hydrogens is 348 g/mol. The Balaban J connectivity index is 1.74. The summed E-state index contributed by atoms with van der Waals surface area (Å²) in [4.78, 5) is 22.9. The molecule has 3 aromatic carbocycles. The van der Waals surface area contributed by atoms with Crippen LogP contribution in [0, 0.1) is 10.1 Å². The molecule has 0 saturated carbocycles. The molecule has 0 unspecified atom stereocenters. The summed E-state index contributed by atoms with van der Waals surface area (Å²) in [6, 6.07) is 15.6. The third kappa shape index (κ3) is 2.85. The van der Waals surface area contributed by atoms with Gasteiger partial charge in [0.1, 0.15) is 11.5 Å². The van der Waals surface area contributed by atoms with Crippen molar-refractivity contribution >= 4 is 33.5 Å². The molecule has 0 radical (unpaired) electrons. The molecule has 0 aliphatic carbocycles. The van der Waals surface area contributed by atoms with Crippen molar-refractivity contribution < 1.29 is 19.6 Å². The van der Waals surface area contributed by atoms with Crippen LogP contribution in [0.4, 0.5) is 5.69 Å². The molecule has 0 spiro atoms. The molecule has 0 aliphatic heterocycles. The highest BCUT2D eigenvalue weighted by atomic mass is 16.6. The van der Waals surface area contributed by atoms with Gasteiger partial charge in [0.2, 0.25) is 0 Å². The number of aromatic nitrogens is 1. The van der Waals surface area contributed by atoms with Crippen LogP contribution in [0.1, 0.15) is 10.4 Å². The molecule has 0 saturated heterocycles. The first-order valence-electron chi connectivity index (χ1n) is 8.12. The van der Waals surface area contributed by atoms with Crippen molar-refractivity contribution in [3.8, 4) is 11.5 Å². The predicted molar refractivity (Wildman–Crippen MR) is 100 cm³/mol. The van der Waals surface area contributed by atoms with Crippen molar-refractivity contribution in [2.45, 2.75) is 0 Å². The molecule has 1 heterocycles. The van der Waals surface area contributed by atoms with Gasteiger partial charge in [-0.15, -0.1) is 0 Å². The van der Waals surface area contributed by atoms with Crippen LogP contribution in [0.15, 0.2) is 60.7 Å². The number of hydrogen-bond acceptors (Lipinski definition) is 5. The fraction of sp³-hybridized carbons (Fsp3) is 0.0500. The number of phenolic OH excluding ortho intramolecular Hbond substituents is 1. The number of carbonyl (C=O) groups excluding carboxylic acids is 1. The van der Waals surface area contributed by atoms with E-state index in [-0.39, 0.29) is 11.4 Å². The van der Waals surface area contributed by atoms with Crippen LogP contribution in [-0.2, 0) is 7.05 Å². The topological polar surface area (TPSA) is 94.6 Å². The quantitative estimate of drug-likeness (QED) is 0.255. The largest absolute Gasteiger partial charge is 0.508 e. The standard InChI is InChI=1S/C20H14N2O5/c1-21-18-9-4-13(22(25)26)10-17(18)16-8-7-15(11-19(16)21)27-20(24)12-2-5-14(23)6-3-12/h2-11,23H,1H3. The number of nitro benzene ring substituents is 1. The lowest BCUT2D eigenvalue weighted by molar-refractivity contribution is -0.384. The van der Waals surface area contributed by atoms with Crippen molar-refractivity contribution in [3.63, 3.8) is 0 Å². The number of nitro groups is 1. The molecule has 0 amide bonds. The molecule has 7 heteroatoms. The van der Waals surface area contributed by atoms with Gasteiger partial charge in [-0.3, -0.25) is 10.1 Å². The van der Waals surface area contributed by atoms with Crippen molar-refractivity contribution in [1.82, 2.24) is 4.57 Å². The fourth-order valence-electron chi connectivity index (χ4n) is 3.12. The second-order valence-corrected chi connectivity index (χ2v) is 6.13. The first-order chi connectivity index (χ1) is 12.9. The number of aryl methyl sites for hydroxylation is 1. The van der Waals surface area contributed by atoms with Gasteiger partial charge in [0.05, 0.1) is 16.0 Å². The number of phenols is 1. The molecule has 7 nitrogen and oxygen atoms in total. The van der Waals surface area contributed by atoms with E-state index in [2.05, 4.69) is 0 Å². The molecule has 0 fully saturated rings. The van der Waals surface area contributed by atoms with Crippen molar-refractivity contribution in [1.29, 1.82) is 0 Å². The van der Waals surface area contributed by atoms with Crippen molar-refractivity contribution in [3.05, 3.63) is 76.3 Å². The van der Waals surface area contributed by atoms with E-state index in [1.807, 2.05) is 11.6 Å². The van der Waals surface area contributed by atoms with Gasteiger partial charge in [-0.2, -0.15) is 0 Å². The zero-order chi connectivity index (χ0) is 19.1. The average Bonchev–Trinajstić information content (AvgIpc) is 2.94. The number of ether oxygens (including phenoxy) is 1. The van der Waals surface area contributed by atoms with E-state index in [0.29, 0.717) is 11.3 Å². The predicted octanol–water partition coefficient (Wildman–Crippen LogP) is 4.16. The van der Waals surface area contributed by atoms with Gasteiger partial charge < -0.3 is 14.4 Å². The first kappa shape index (κ1) is 16.6. The van der Waals surface area contributed by atoms with Crippen LogP contribution < -0.4 is 4.74 Å². The van der Waals surface area contributed by atoms with E-state index < -0.39 is 10.9 Å². The molecule has 0 aliphatic rings. The Bertz CT molecular complexity index is 1210.